The van der Waals surface area contributed by atoms with Crippen molar-refractivity contribution in [2.24, 2.45) is 5.92 Å². The van der Waals surface area contributed by atoms with Crippen molar-refractivity contribution < 1.29 is 4.74 Å². The molecule has 1 rings (SSSR count). The molecule has 0 amide bonds. The molecule has 0 bridgehead atoms. The molecule has 1 aromatic rings. The molecule has 0 aliphatic carbocycles. The van der Waals surface area contributed by atoms with Crippen molar-refractivity contribution in [3.8, 4) is 18.1 Å². The van der Waals surface area contributed by atoms with E-state index >= 15 is 0 Å². The molecule has 0 radical (unpaired) electrons. The van der Waals surface area contributed by atoms with Crippen molar-refractivity contribution in [1.29, 1.82) is 0 Å². The molecule has 1 atom stereocenters. The van der Waals surface area contributed by atoms with E-state index in [4.69, 9.17) is 11.2 Å². The van der Waals surface area contributed by atoms with Gasteiger partial charge < -0.3 is 4.74 Å². The fourth-order valence-corrected chi connectivity index (χ4v) is 2.04. The first-order chi connectivity index (χ1) is 8.88. The summed E-state index contributed by atoms with van der Waals surface area (Å²) in [7, 11) is 0. The van der Waals surface area contributed by atoms with Gasteiger partial charge in [-0.1, -0.05) is 46.8 Å². The predicted octanol–water partition coefficient (Wildman–Crippen LogP) is 4.58. The SMILES string of the molecule is C#CC(C)Cc1ccc(OCCC)c(C(C)(C)C)c1. The number of benzene rings is 1. The van der Waals surface area contributed by atoms with E-state index in [9.17, 15) is 0 Å². The molecule has 0 N–H and O–H groups in total. The Bertz CT molecular complexity index is 446. The minimum absolute atomic E-state index is 0.0818. The Hall–Kier alpha value is -1.42. The highest BCUT2D eigenvalue weighted by atomic mass is 16.5. The summed E-state index contributed by atoms with van der Waals surface area (Å²) in [4.78, 5) is 0. The molecule has 0 spiro atoms. The van der Waals surface area contributed by atoms with Gasteiger partial charge in [0.05, 0.1) is 6.61 Å². The monoisotopic (exact) mass is 258 g/mol. The summed E-state index contributed by atoms with van der Waals surface area (Å²) in [6, 6.07) is 6.47. The first-order valence-corrected chi connectivity index (χ1v) is 7.10. The smallest absolute Gasteiger partial charge is 0.123 e. The third-order valence-electron chi connectivity index (χ3n) is 3.14. The fourth-order valence-electron chi connectivity index (χ4n) is 2.04. The molecule has 1 heteroatoms. The lowest BCUT2D eigenvalue weighted by Crippen LogP contribution is -2.14. The highest BCUT2D eigenvalue weighted by Crippen LogP contribution is 2.32. The van der Waals surface area contributed by atoms with Crippen LogP contribution in [0.2, 0.25) is 0 Å². The standard InChI is InChI=1S/C18H26O/c1-7-11-19-17-10-9-15(12-14(3)8-2)13-16(17)18(4,5)6/h2,9-10,13-14H,7,11-12H2,1,3-6H3. The minimum Gasteiger partial charge on any atom is -0.493 e. The van der Waals surface area contributed by atoms with Crippen molar-refractivity contribution in [3.63, 3.8) is 0 Å². The molecule has 0 saturated heterocycles. The molecule has 1 unspecified atom stereocenters. The maximum atomic E-state index is 5.86. The Morgan fingerprint density at radius 1 is 1.32 bits per heavy atom. The Balaban J connectivity index is 3.05. The summed E-state index contributed by atoms with van der Waals surface area (Å²) in [6.07, 6.45) is 7.42. The van der Waals surface area contributed by atoms with Crippen molar-refractivity contribution in [3.05, 3.63) is 29.3 Å². The molecule has 0 fully saturated rings. The van der Waals surface area contributed by atoms with Gasteiger partial charge in [-0.3, -0.25) is 0 Å². The molecule has 0 aliphatic heterocycles. The third kappa shape index (κ3) is 4.63. The summed E-state index contributed by atoms with van der Waals surface area (Å²) in [6.45, 7) is 11.6. The van der Waals surface area contributed by atoms with Crippen molar-refractivity contribution >= 4 is 0 Å². The Morgan fingerprint density at radius 3 is 2.53 bits per heavy atom. The maximum absolute atomic E-state index is 5.86. The lowest BCUT2D eigenvalue weighted by molar-refractivity contribution is 0.308. The van der Waals surface area contributed by atoms with Gasteiger partial charge in [-0.15, -0.1) is 12.3 Å². The van der Waals surface area contributed by atoms with Gasteiger partial charge in [-0.2, -0.15) is 0 Å². The van der Waals surface area contributed by atoms with Crippen LogP contribution in [0.1, 0.15) is 52.2 Å². The molecule has 1 aromatic carbocycles. The summed E-state index contributed by atoms with van der Waals surface area (Å²) >= 11 is 0. The van der Waals surface area contributed by atoms with E-state index < -0.39 is 0 Å². The Morgan fingerprint density at radius 2 is 2.00 bits per heavy atom. The van der Waals surface area contributed by atoms with Crippen LogP contribution in [0.4, 0.5) is 0 Å². The molecule has 19 heavy (non-hydrogen) atoms. The van der Waals surface area contributed by atoms with Crippen LogP contribution in [0.25, 0.3) is 0 Å². The van der Waals surface area contributed by atoms with Gasteiger partial charge in [0, 0.05) is 5.92 Å². The zero-order valence-corrected chi connectivity index (χ0v) is 12.9. The van der Waals surface area contributed by atoms with E-state index in [1.165, 1.54) is 11.1 Å². The average molecular weight is 258 g/mol. The second-order valence-corrected chi connectivity index (χ2v) is 6.20. The van der Waals surface area contributed by atoms with Gasteiger partial charge in [0.25, 0.3) is 0 Å². The van der Waals surface area contributed by atoms with Crippen molar-refractivity contribution in [1.82, 2.24) is 0 Å². The van der Waals surface area contributed by atoms with Gasteiger partial charge >= 0.3 is 0 Å². The van der Waals surface area contributed by atoms with Crippen molar-refractivity contribution in [2.45, 2.75) is 52.9 Å². The summed E-state index contributed by atoms with van der Waals surface area (Å²) in [5.74, 6) is 4.07. The quantitative estimate of drug-likeness (QED) is 0.702. The Labute approximate surface area is 118 Å². The van der Waals surface area contributed by atoms with Crippen LogP contribution in [-0.4, -0.2) is 6.61 Å². The molecular weight excluding hydrogens is 232 g/mol. The van der Waals surface area contributed by atoms with E-state index in [1.807, 2.05) is 0 Å². The Kier molecular flexibility index (Phi) is 5.48. The van der Waals surface area contributed by atoms with Crippen LogP contribution >= 0.6 is 0 Å². The molecule has 0 saturated carbocycles. The largest absolute Gasteiger partial charge is 0.493 e. The van der Waals surface area contributed by atoms with Crippen molar-refractivity contribution in [2.75, 3.05) is 6.61 Å². The average Bonchev–Trinajstić information content (AvgIpc) is 2.35. The fraction of sp³-hybridized carbons (Fsp3) is 0.556. The van der Waals surface area contributed by atoms with E-state index in [0.717, 1.165) is 25.2 Å². The molecule has 0 aromatic heterocycles. The van der Waals surface area contributed by atoms with E-state index in [-0.39, 0.29) is 11.3 Å². The van der Waals surface area contributed by atoms with Crippen LogP contribution in [-0.2, 0) is 11.8 Å². The predicted molar refractivity (Wildman–Crippen MR) is 82.6 cm³/mol. The van der Waals surface area contributed by atoms with Crippen LogP contribution in [0.3, 0.4) is 0 Å². The first kappa shape index (κ1) is 15.6. The number of terminal acetylenes is 1. The topological polar surface area (TPSA) is 9.23 Å². The van der Waals surface area contributed by atoms with Crippen LogP contribution in [0.15, 0.2) is 18.2 Å². The number of ether oxygens (including phenoxy) is 1. The second kappa shape index (κ2) is 6.66. The molecule has 104 valence electrons. The van der Waals surface area contributed by atoms with Gasteiger partial charge in [-0.25, -0.2) is 0 Å². The second-order valence-electron chi connectivity index (χ2n) is 6.20. The van der Waals surface area contributed by atoms with E-state index in [2.05, 4.69) is 58.7 Å². The number of hydrogen-bond donors (Lipinski definition) is 0. The lowest BCUT2D eigenvalue weighted by atomic mass is 9.84. The van der Waals surface area contributed by atoms with Gasteiger partial charge in [0.15, 0.2) is 0 Å². The molecule has 0 aliphatic rings. The summed E-state index contributed by atoms with van der Waals surface area (Å²) < 4.78 is 5.86. The van der Waals surface area contributed by atoms with Gasteiger partial charge in [0.1, 0.15) is 5.75 Å². The van der Waals surface area contributed by atoms with Crippen LogP contribution in [0.5, 0.6) is 5.75 Å². The summed E-state index contributed by atoms with van der Waals surface area (Å²) in [5.41, 5.74) is 2.64. The van der Waals surface area contributed by atoms with Crippen LogP contribution < -0.4 is 4.74 Å². The van der Waals surface area contributed by atoms with E-state index in [1.54, 1.807) is 0 Å². The molecule has 1 nitrogen and oxygen atoms in total. The normalized spacial score (nSPS) is 12.8. The maximum Gasteiger partial charge on any atom is 0.123 e. The highest BCUT2D eigenvalue weighted by molar-refractivity contribution is 5.42. The molecular formula is C18H26O. The first-order valence-electron chi connectivity index (χ1n) is 7.10. The number of rotatable bonds is 5. The third-order valence-corrected chi connectivity index (χ3v) is 3.14. The van der Waals surface area contributed by atoms with Gasteiger partial charge in [-0.05, 0) is 35.4 Å². The molecule has 0 heterocycles. The minimum atomic E-state index is 0.0818. The zero-order valence-electron chi connectivity index (χ0n) is 12.9. The lowest BCUT2D eigenvalue weighted by Gasteiger charge is -2.24. The number of hydrogen-bond acceptors (Lipinski definition) is 1. The zero-order chi connectivity index (χ0) is 14.5. The summed E-state index contributed by atoms with van der Waals surface area (Å²) in [5, 5.41) is 0. The van der Waals surface area contributed by atoms with Crippen LogP contribution in [0, 0.1) is 18.3 Å². The van der Waals surface area contributed by atoms with E-state index in [0.29, 0.717) is 0 Å². The highest BCUT2D eigenvalue weighted by Gasteiger charge is 2.19. The van der Waals surface area contributed by atoms with Gasteiger partial charge in [0.2, 0.25) is 0 Å².